The largest absolute Gasteiger partial charge is 0.395 e. The highest BCUT2D eigenvalue weighted by Gasteiger charge is 2.36. The fourth-order valence-electron chi connectivity index (χ4n) is 1.38. The van der Waals surface area contributed by atoms with Gasteiger partial charge in [0.1, 0.15) is 0 Å². The summed E-state index contributed by atoms with van der Waals surface area (Å²) in [5, 5.41) is 8.74. The molecule has 0 aromatic carbocycles. The molecule has 74 valence electrons. The Bertz CT molecular complexity index is 359. The quantitative estimate of drug-likeness (QED) is 0.529. The molecule has 3 N–H and O–H groups in total. The molecular weight excluding hydrogens is 186 g/mol. The number of carbonyl (C=O) groups is 1. The van der Waals surface area contributed by atoms with Gasteiger partial charge in [0.2, 0.25) is 5.96 Å². The topological polar surface area (TPSA) is 104 Å². The number of β-amino-alcohol motifs (C(OH)–C–C–N with tert-alkyl or cyclic N) is 1. The van der Waals surface area contributed by atoms with Crippen LogP contribution in [0.25, 0.3) is 0 Å². The molecule has 0 spiro atoms. The second kappa shape index (κ2) is 3.18. The maximum absolute atomic E-state index is 11.4. The zero-order valence-electron chi connectivity index (χ0n) is 7.29. The molecule has 2 aliphatic rings. The summed E-state index contributed by atoms with van der Waals surface area (Å²) in [4.78, 5) is 24.3. The van der Waals surface area contributed by atoms with E-state index in [9.17, 15) is 4.79 Å². The molecule has 0 aromatic heterocycles. The minimum Gasteiger partial charge on any atom is -0.395 e. The SMILES string of the molecule is NC1=NC(=O)C2C(=N1)N=CN2CCO. The fraction of sp³-hybridized carbons (Fsp3) is 0.429. The molecular formula is C7H9N5O2. The number of amides is 1. The van der Waals surface area contributed by atoms with Gasteiger partial charge in [0, 0.05) is 6.54 Å². The van der Waals surface area contributed by atoms with Gasteiger partial charge in [-0.3, -0.25) is 4.79 Å². The van der Waals surface area contributed by atoms with Crippen LogP contribution in [0.5, 0.6) is 0 Å². The summed E-state index contributed by atoms with van der Waals surface area (Å²) in [7, 11) is 0. The van der Waals surface area contributed by atoms with E-state index in [4.69, 9.17) is 10.8 Å². The van der Waals surface area contributed by atoms with E-state index in [1.54, 1.807) is 4.90 Å². The molecule has 2 rings (SSSR count). The van der Waals surface area contributed by atoms with Gasteiger partial charge in [-0.1, -0.05) is 0 Å². The van der Waals surface area contributed by atoms with Crippen LogP contribution in [0.2, 0.25) is 0 Å². The maximum atomic E-state index is 11.4. The van der Waals surface area contributed by atoms with Crippen LogP contribution in [0, 0.1) is 0 Å². The normalized spacial score (nSPS) is 24.8. The van der Waals surface area contributed by atoms with E-state index >= 15 is 0 Å². The van der Waals surface area contributed by atoms with Gasteiger partial charge in [-0.05, 0) is 0 Å². The number of aliphatic hydroxyl groups excluding tert-OH is 1. The first-order valence-electron chi connectivity index (χ1n) is 4.10. The number of nitrogens with zero attached hydrogens (tertiary/aromatic N) is 4. The highest BCUT2D eigenvalue weighted by molar-refractivity contribution is 6.21. The van der Waals surface area contributed by atoms with E-state index in [1.807, 2.05) is 0 Å². The predicted octanol–water partition coefficient (Wildman–Crippen LogP) is -2.06. The molecule has 7 nitrogen and oxygen atoms in total. The van der Waals surface area contributed by atoms with Crippen molar-refractivity contribution < 1.29 is 9.90 Å². The van der Waals surface area contributed by atoms with Crippen molar-refractivity contribution in [2.24, 2.45) is 20.7 Å². The summed E-state index contributed by atoms with van der Waals surface area (Å²) < 4.78 is 0. The van der Waals surface area contributed by atoms with Crippen LogP contribution < -0.4 is 5.73 Å². The Morgan fingerprint density at radius 2 is 2.36 bits per heavy atom. The van der Waals surface area contributed by atoms with Gasteiger partial charge >= 0.3 is 0 Å². The molecule has 0 radical (unpaired) electrons. The maximum Gasteiger partial charge on any atom is 0.279 e. The number of nitrogens with two attached hydrogens (primary N) is 1. The Hall–Kier alpha value is -1.76. The molecule has 2 aliphatic heterocycles. The average molecular weight is 195 g/mol. The van der Waals surface area contributed by atoms with Crippen LogP contribution in [0.1, 0.15) is 0 Å². The lowest BCUT2D eigenvalue weighted by atomic mass is 10.2. The first kappa shape index (κ1) is 8.82. The van der Waals surface area contributed by atoms with Gasteiger partial charge < -0.3 is 15.7 Å². The number of hydrogen-bond donors (Lipinski definition) is 2. The first-order valence-corrected chi connectivity index (χ1v) is 4.10. The highest BCUT2D eigenvalue weighted by atomic mass is 16.3. The number of hydrogen-bond acceptors (Lipinski definition) is 6. The first-order chi connectivity index (χ1) is 6.72. The Balaban J connectivity index is 2.25. The molecule has 0 saturated carbocycles. The lowest BCUT2D eigenvalue weighted by Crippen LogP contribution is -2.44. The van der Waals surface area contributed by atoms with Crippen molar-refractivity contribution in [1.29, 1.82) is 0 Å². The van der Waals surface area contributed by atoms with Crippen molar-refractivity contribution >= 4 is 24.0 Å². The van der Waals surface area contributed by atoms with E-state index in [1.165, 1.54) is 6.34 Å². The van der Waals surface area contributed by atoms with Crippen molar-refractivity contribution in [3.8, 4) is 0 Å². The third-order valence-electron chi connectivity index (χ3n) is 1.96. The van der Waals surface area contributed by atoms with Crippen LogP contribution in [0.4, 0.5) is 0 Å². The van der Waals surface area contributed by atoms with E-state index in [0.29, 0.717) is 12.4 Å². The molecule has 0 bridgehead atoms. The van der Waals surface area contributed by atoms with Crippen molar-refractivity contribution in [1.82, 2.24) is 4.90 Å². The molecule has 0 aliphatic carbocycles. The Kier molecular flexibility index (Phi) is 2.01. The minimum absolute atomic E-state index is 0.0533. The summed E-state index contributed by atoms with van der Waals surface area (Å²) in [5.41, 5.74) is 5.30. The van der Waals surface area contributed by atoms with Crippen LogP contribution in [0.3, 0.4) is 0 Å². The zero-order valence-corrected chi connectivity index (χ0v) is 7.29. The summed E-state index contributed by atoms with van der Waals surface area (Å²) in [6.45, 7) is 0.274. The van der Waals surface area contributed by atoms with Crippen molar-refractivity contribution in [2.75, 3.05) is 13.2 Å². The van der Waals surface area contributed by atoms with Crippen LogP contribution >= 0.6 is 0 Å². The number of carbonyl (C=O) groups excluding carboxylic acids is 1. The molecule has 0 aromatic rings. The summed E-state index contributed by atoms with van der Waals surface area (Å²) >= 11 is 0. The van der Waals surface area contributed by atoms with Gasteiger partial charge in [0.25, 0.3) is 5.91 Å². The Labute approximate surface area is 79.7 Å². The lowest BCUT2D eigenvalue weighted by Gasteiger charge is -2.21. The van der Waals surface area contributed by atoms with Gasteiger partial charge in [-0.2, -0.15) is 9.98 Å². The highest BCUT2D eigenvalue weighted by Crippen LogP contribution is 2.13. The number of aliphatic imine (C=N–C) groups is 3. The minimum atomic E-state index is -0.602. The van der Waals surface area contributed by atoms with Crippen molar-refractivity contribution in [3.05, 3.63) is 0 Å². The fourth-order valence-corrected chi connectivity index (χ4v) is 1.38. The standard InChI is InChI=1S/C7H9N5O2/c8-7-10-5-4(6(14)11-7)12(1-2-13)3-9-5/h3-4,13H,1-2H2,(H2,8,11,14). The lowest BCUT2D eigenvalue weighted by molar-refractivity contribution is -0.119. The molecule has 0 saturated heterocycles. The van der Waals surface area contributed by atoms with E-state index in [2.05, 4.69) is 15.0 Å². The Morgan fingerprint density at radius 3 is 3.07 bits per heavy atom. The third kappa shape index (κ3) is 1.27. The zero-order chi connectivity index (χ0) is 10.1. The second-order valence-corrected chi connectivity index (χ2v) is 2.89. The summed E-state index contributed by atoms with van der Waals surface area (Å²) in [5.74, 6) is -0.112. The molecule has 1 atom stereocenters. The summed E-state index contributed by atoms with van der Waals surface area (Å²) in [6.07, 6.45) is 1.46. The van der Waals surface area contributed by atoms with Crippen LogP contribution in [0.15, 0.2) is 15.0 Å². The van der Waals surface area contributed by atoms with E-state index < -0.39 is 11.9 Å². The van der Waals surface area contributed by atoms with E-state index in [0.717, 1.165) is 0 Å². The van der Waals surface area contributed by atoms with Crippen molar-refractivity contribution in [2.45, 2.75) is 6.04 Å². The number of guanidine groups is 1. The van der Waals surface area contributed by atoms with Crippen LogP contribution in [-0.4, -0.2) is 53.2 Å². The van der Waals surface area contributed by atoms with Crippen LogP contribution in [-0.2, 0) is 4.79 Å². The Morgan fingerprint density at radius 1 is 1.57 bits per heavy atom. The molecule has 2 heterocycles. The molecule has 1 unspecified atom stereocenters. The van der Waals surface area contributed by atoms with Gasteiger partial charge in [-0.25, -0.2) is 4.99 Å². The summed E-state index contributed by atoms with van der Waals surface area (Å²) in [6, 6.07) is -0.602. The number of rotatable bonds is 2. The second-order valence-electron chi connectivity index (χ2n) is 2.89. The number of amidine groups is 1. The smallest absolute Gasteiger partial charge is 0.279 e. The number of fused-ring (bicyclic) bond motifs is 1. The average Bonchev–Trinajstić information content (AvgIpc) is 2.49. The predicted molar refractivity (Wildman–Crippen MR) is 50.1 cm³/mol. The molecule has 7 heteroatoms. The molecule has 1 amide bonds. The monoisotopic (exact) mass is 195 g/mol. The van der Waals surface area contributed by atoms with Gasteiger partial charge in [0.15, 0.2) is 11.9 Å². The van der Waals surface area contributed by atoms with Gasteiger partial charge in [-0.15, -0.1) is 0 Å². The number of aliphatic hydroxyl groups is 1. The van der Waals surface area contributed by atoms with E-state index in [-0.39, 0.29) is 12.6 Å². The van der Waals surface area contributed by atoms with Gasteiger partial charge in [0.05, 0.1) is 12.9 Å². The molecule has 14 heavy (non-hydrogen) atoms. The molecule has 0 fully saturated rings. The van der Waals surface area contributed by atoms with Crippen molar-refractivity contribution in [3.63, 3.8) is 0 Å². The third-order valence-corrected chi connectivity index (χ3v) is 1.96.